The Labute approximate surface area is 126 Å². The van der Waals surface area contributed by atoms with Crippen molar-refractivity contribution in [1.82, 2.24) is 9.88 Å². The largest absolute Gasteiger partial charge is 0.329 e. The van der Waals surface area contributed by atoms with E-state index in [0.29, 0.717) is 6.04 Å². The van der Waals surface area contributed by atoms with Gasteiger partial charge in [-0.3, -0.25) is 4.90 Å². The van der Waals surface area contributed by atoms with Gasteiger partial charge in [-0.15, -0.1) is 36.2 Å². The number of aryl methyl sites for hydroxylation is 1. The van der Waals surface area contributed by atoms with Gasteiger partial charge < -0.3 is 5.73 Å². The zero-order valence-corrected chi connectivity index (χ0v) is 13.3. The van der Waals surface area contributed by atoms with Crippen LogP contribution in [0.15, 0.2) is 5.38 Å². The molecule has 1 aliphatic heterocycles. The first kappa shape index (κ1) is 18.1. The molecular weight excluding hydrogens is 289 g/mol. The first-order valence-corrected chi connectivity index (χ1v) is 7.08. The van der Waals surface area contributed by atoms with Gasteiger partial charge in [0.25, 0.3) is 0 Å². The van der Waals surface area contributed by atoms with Crippen LogP contribution < -0.4 is 5.73 Å². The molecule has 1 aromatic heterocycles. The molecule has 1 saturated heterocycles. The molecule has 0 aliphatic carbocycles. The number of nitrogens with zero attached hydrogens (tertiary/aromatic N) is 2. The molecule has 2 heterocycles. The number of hydrogen-bond donors (Lipinski definition) is 1. The van der Waals surface area contributed by atoms with Gasteiger partial charge in [0.05, 0.1) is 10.7 Å². The van der Waals surface area contributed by atoms with Crippen LogP contribution in [-0.4, -0.2) is 29.0 Å². The molecule has 0 spiro atoms. The number of thiazole rings is 1. The van der Waals surface area contributed by atoms with E-state index < -0.39 is 0 Å². The summed E-state index contributed by atoms with van der Waals surface area (Å²) in [6.07, 6.45) is 4.84. The van der Waals surface area contributed by atoms with E-state index >= 15 is 0 Å². The van der Waals surface area contributed by atoms with Crippen molar-refractivity contribution in [2.45, 2.75) is 45.2 Å². The predicted molar refractivity (Wildman–Crippen MR) is 83.1 cm³/mol. The van der Waals surface area contributed by atoms with E-state index in [1.54, 1.807) is 11.3 Å². The summed E-state index contributed by atoms with van der Waals surface area (Å²) in [4.78, 5) is 7.15. The fourth-order valence-corrected chi connectivity index (χ4v) is 3.22. The second-order valence-electron chi connectivity index (χ2n) is 4.48. The number of hydrogen-bond acceptors (Lipinski definition) is 4. The predicted octanol–water partition coefficient (Wildman–Crippen LogP) is 2.86. The minimum atomic E-state index is 0. The van der Waals surface area contributed by atoms with Crippen molar-refractivity contribution in [3.63, 3.8) is 0 Å². The average molecular weight is 312 g/mol. The molecular formula is C12H23Cl2N3S. The van der Waals surface area contributed by atoms with E-state index in [4.69, 9.17) is 5.73 Å². The third-order valence-corrected chi connectivity index (χ3v) is 4.16. The summed E-state index contributed by atoms with van der Waals surface area (Å²) < 4.78 is 0. The van der Waals surface area contributed by atoms with Crippen molar-refractivity contribution in [2.24, 2.45) is 5.73 Å². The minimum absolute atomic E-state index is 0. The van der Waals surface area contributed by atoms with Crippen molar-refractivity contribution < 1.29 is 0 Å². The molecule has 1 aliphatic rings. The lowest BCUT2D eigenvalue weighted by atomic mass is 10.2. The molecule has 0 aromatic carbocycles. The molecule has 0 saturated carbocycles. The lowest BCUT2D eigenvalue weighted by Gasteiger charge is -2.21. The second-order valence-corrected chi connectivity index (χ2v) is 5.43. The van der Waals surface area contributed by atoms with Crippen LogP contribution in [-0.2, 0) is 13.0 Å². The Kier molecular flexibility index (Phi) is 9.17. The molecule has 1 fully saturated rings. The number of likely N-dealkylation sites (tertiary alicyclic amines) is 1. The van der Waals surface area contributed by atoms with Crippen LogP contribution in [0.3, 0.4) is 0 Å². The Morgan fingerprint density at radius 3 is 2.94 bits per heavy atom. The number of aromatic nitrogens is 1. The zero-order valence-electron chi connectivity index (χ0n) is 10.8. The van der Waals surface area contributed by atoms with Crippen molar-refractivity contribution >= 4 is 36.2 Å². The summed E-state index contributed by atoms with van der Waals surface area (Å²) in [6, 6.07) is 0.580. The van der Waals surface area contributed by atoms with E-state index in [1.165, 1.54) is 36.5 Å². The Bertz CT molecular complexity index is 333. The summed E-state index contributed by atoms with van der Waals surface area (Å²) in [6.45, 7) is 5.16. The molecule has 0 bridgehead atoms. The summed E-state index contributed by atoms with van der Waals surface area (Å²) in [5.41, 5.74) is 7.00. The van der Waals surface area contributed by atoms with Crippen LogP contribution in [0.5, 0.6) is 0 Å². The highest BCUT2D eigenvalue weighted by molar-refractivity contribution is 7.09. The monoisotopic (exact) mass is 311 g/mol. The van der Waals surface area contributed by atoms with Crippen molar-refractivity contribution in [3.8, 4) is 0 Å². The number of nitrogens with two attached hydrogens (primary N) is 1. The lowest BCUT2D eigenvalue weighted by molar-refractivity contribution is 0.247. The van der Waals surface area contributed by atoms with E-state index in [0.717, 1.165) is 19.5 Å². The molecule has 2 N–H and O–H groups in total. The fraction of sp³-hybridized carbons (Fsp3) is 0.750. The first-order chi connectivity index (χ1) is 7.83. The van der Waals surface area contributed by atoms with Gasteiger partial charge in [0.15, 0.2) is 0 Å². The molecule has 1 aromatic rings. The Balaban J connectivity index is 0.00000144. The van der Waals surface area contributed by atoms with Crippen LogP contribution in [0.1, 0.15) is 36.9 Å². The quantitative estimate of drug-likeness (QED) is 0.909. The number of halogens is 2. The van der Waals surface area contributed by atoms with Crippen LogP contribution in [0.25, 0.3) is 0 Å². The molecule has 106 valence electrons. The summed E-state index contributed by atoms with van der Waals surface area (Å²) in [5.74, 6) is 0. The van der Waals surface area contributed by atoms with Crippen LogP contribution in [0.4, 0.5) is 0 Å². The summed E-state index contributed by atoms with van der Waals surface area (Å²) in [7, 11) is 0. The number of rotatable bonds is 5. The maximum Gasteiger partial charge on any atom is 0.0928 e. The highest BCUT2D eigenvalue weighted by atomic mass is 35.5. The van der Waals surface area contributed by atoms with Gasteiger partial charge in [-0.25, -0.2) is 4.98 Å². The average Bonchev–Trinajstić information content (AvgIpc) is 2.89. The van der Waals surface area contributed by atoms with Gasteiger partial charge in [0.2, 0.25) is 0 Å². The van der Waals surface area contributed by atoms with Crippen LogP contribution in [0.2, 0.25) is 0 Å². The first-order valence-electron chi connectivity index (χ1n) is 6.21. The van der Waals surface area contributed by atoms with E-state index in [1.807, 2.05) is 0 Å². The standard InChI is InChI=1S/C12H21N3S.2ClH/c1-2-4-12-14-10(9-16-12)8-15-6-3-5-11(15)7-13;;/h9,11H,2-8,13H2,1H3;2*1H. The fourth-order valence-electron chi connectivity index (χ4n) is 2.33. The lowest BCUT2D eigenvalue weighted by Crippen LogP contribution is -2.34. The van der Waals surface area contributed by atoms with Crippen LogP contribution >= 0.6 is 36.2 Å². The zero-order chi connectivity index (χ0) is 11.4. The third kappa shape index (κ3) is 4.67. The van der Waals surface area contributed by atoms with Crippen molar-refractivity contribution in [2.75, 3.05) is 13.1 Å². The Hall–Kier alpha value is 0.130. The molecule has 2 rings (SSSR count). The molecule has 1 atom stereocenters. The van der Waals surface area contributed by atoms with Crippen LogP contribution in [0, 0.1) is 0 Å². The smallest absolute Gasteiger partial charge is 0.0928 e. The second kappa shape index (κ2) is 9.10. The normalized spacial score (nSPS) is 19.3. The third-order valence-electron chi connectivity index (χ3n) is 3.20. The van der Waals surface area contributed by atoms with E-state index in [-0.39, 0.29) is 24.8 Å². The Morgan fingerprint density at radius 2 is 2.28 bits per heavy atom. The van der Waals surface area contributed by atoms with Gasteiger partial charge in [-0.1, -0.05) is 6.92 Å². The molecule has 0 amide bonds. The minimum Gasteiger partial charge on any atom is -0.329 e. The maximum absolute atomic E-state index is 5.77. The molecule has 6 heteroatoms. The van der Waals surface area contributed by atoms with Gasteiger partial charge in [0, 0.05) is 24.5 Å². The summed E-state index contributed by atoms with van der Waals surface area (Å²) >= 11 is 1.80. The molecule has 0 radical (unpaired) electrons. The highest BCUT2D eigenvalue weighted by Crippen LogP contribution is 2.20. The van der Waals surface area contributed by atoms with Gasteiger partial charge in [0.1, 0.15) is 0 Å². The topological polar surface area (TPSA) is 42.2 Å². The van der Waals surface area contributed by atoms with Crippen molar-refractivity contribution in [1.29, 1.82) is 0 Å². The van der Waals surface area contributed by atoms with Gasteiger partial charge in [-0.2, -0.15) is 0 Å². The molecule has 3 nitrogen and oxygen atoms in total. The summed E-state index contributed by atoms with van der Waals surface area (Å²) in [5, 5.41) is 3.48. The van der Waals surface area contributed by atoms with Crippen molar-refractivity contribution in [3.05, 3.63) is 16.1 Å². The molecule has 18 heavy (non-hydrogen) atoms. The van der Waals surface area contributed by atoms with E-state index in [2.05, 4.69) is 22.2 Å². The SMILES string of the molecule is CCCc1nc(CN2CCCC2CN)cs1.Cl.Cl. The maximum atomic E-state index is 5.77. The highest BCUT2D eigenvalue weighted by Gasteiger charge is 2.23. The Morgan fingerprint density at radius 1 is 1.50 bits per heavy atom. The molecule has 1 unspecified atom stereocenters. The van der Waals surface area contributed by atoms with Gasteiger partial charge in [-0.05, 0) is 32.2 Å². The van der Waals surface area contributed by atoms with E-state index in [9.17, 15) is 0 Å². The van der Waals surface area contributed by atoms with Gasteiger partial charge >= 0.3 is 0 Å².